The van der Waals surface area contributed by atoms with Crippen LogP contribution in [0.2, 0.25) is 0 Å². The minimum atomic E-state index is -0.440. The Bertz CT molecular complexity index is 1430. The molecule has 0 atom stereocenters. The molecule has 3 aliphatic rings. The van der Waals surface area contributed by atoms with Crippen molar-refractivity contribution in [2.24, 2.45) is 11.3 Å². The van der Waals surface area contributed by atoms with E-state index in [9.17, 15) is 9.59 Å². The summed E-state index contributed by atoms with van der Waals surface area (Å²) in [4.78, 5) is 35.0. The fraction of sp³-hybridized carbons (Fsp3) is 0.280. The fourth-order valence-corrected chi connectivity index (χ4v) is 5.81. The van der Waals surface area contributed by atoms with E-state index in [4.69, 9.17) is 14.1 Å². The molecule has 10 nitrogen and oxygen atoms in total. The molecule has 0 spiro atoms. The second-order valence-electron chi connectivity index (χ2n) is 9.31. The van der Waals surface area contributed by atoms with Crippen LogP contribution in [0, 0.1) is 11.3 Å². The average molecular weight is 503 g/mol. The van der Waals surface area contributed by atoms with Gasteiger partial charge in [0.05, 0.1) is 47.0 Å². The highest BCUT2D eigenvalue weighted by Crippen LogP contribution is 2.66. The molecule has 1 aromatic carbocycles. The molecule has 2 bridgehead atoms. The summed E-state index contributed by atoms with van der Waals surface area (Å²) in [7, 11) is 1.49. The standard InChI is InChI=1S/C25H22N6O4S/c1-34-20-4-15(2-3-17(20)23(33)30-24-31-27-13-35-24)18-10-26-11-19(29-18)21-5-16(12-36-21)28-22(32)9-25-6-14(7-25)8-25/h2-5,10-14H,6-9H2,1H3,(H,28,32)(H,30,31,33). The molecule has 11 heteroatoms. The Morgan fingerprint density at radius 2 is 2.00 bits per heavy atom. The van der Waals surface area contributed by atoms with E-state index in [1.165, 1.54) is 37.7 Å². The molecule has 4 aromatic rings. The quantitative estimate of drug-likeness (QED) is 0.356. The lowest BCUT2D eigenvalue weighted by Gasteiger charge is -2.61. The lowest BCUT2D eigenvalue weighted by atomic mass is 9.43. The Balaban J connectivity index is 1.18. The van der Waals surface area contributed by atoms with Gasteiger partial charge in [-0.15, -0.1) is 16.4 Å². The number of hydrogen-bond donors (Lipinski definition) is 2. The van der Waals surface area contributed by atoms with Crippen LogP contribution in [0.15, 0.2) is 52.9 Å². The Morgan fingerprint density at radius 1 is 1.17 bits per heavy atom. The van der Waals surface area contributed by atoms with Gasteiger partial charge in [-0.2, -0.15) is 0 Å². The fourth-order valence-electron chi connectivity index (χ4n) is 5.01. The number of methoxy groups -OCH3 is 1. The number of anilines is 2. The van der Waals surface area contributed by atoms with Crippen LogP contribution >= 0.6 is 11.3 Å². The highest BCUT2D eigenvalue weighted by molar-refractivity contribution is 7.14. The number of nitrogens with zero attached hydrogens (tertiary/aromatic N) is 4. The molecule has 7 rings (SSSR count). The SMILES string of the molecule is COc1cc(-c2cncc(-c3cc(NC(=O)CC45CC(C4)C5)cs3)n2)ccc1C(=O)Nc1nnco1. The average Bonchev–Trinajstić information content (AvgIpc) is 3.52. The van der Waals surface area contributed by atoms with E-state index in [0.717, 1.165) is 28.4 Å². The molecule has 3 aliphatic carbocycles. The molecular formula is C25H22N6O4S. The van der Waals surface area contributed by atoms with Crippen LogP contribution in [0.4, 0.5) is 11.7 Å². The number of amides is 2. The number of rotatable bonds is 8. The minimum absolute atomic E-state index is 0.00407. The Labute approximate surface area is 210 Å². The van der Waals surface area contributed by atoms with Crippen molar-refractivity contribution in [3.8, 4) is 27.6 Å². The molecule has 0 saturated heterocycles. The van der Waals surface area contributed by atoms with E-state index in [1.807, 2.05) is 11.4 Å². The van der Waals surface area contributed by atoms with Crippen LogP contribution in [-0.4, -0.2) is 39.1 Å². The van der Waals surface area contributed by atoms with Crippen molar-refractivity contribution < 1.29 is 18.7 Å². The Morgan fingerprint density at radius 3 is 2.72 bits per heavy atom. The van der Waals surface area contributed by atoms with Crippen molar-refractivity contribution in [1.82, 2.24) is 20.2 Å². The molecule has 0 radical (unpaired) electrons. The summed E-state index contributed by atoms with van der Waals surface area (Å²) >= 11 is 1.50. The van der Waals surface area contributed by atoms with Crippen molar-refractivity contribution >= 4 is 34.9 Å². The van der Waals surface area contributed by atoms with Crippen molar-refractivity contribution in [2.45, 2.75) is 25.7 Å². The van der Waals surface area contributed by atoms with E-state index in [1.54, 1.807) is 30.6 Å². The van der Waals surface area contributed by atoms with Crippen molar-refractivity contribution in [3.63, 3.8) is 0 Å². The number of benzene rings is 1. The van der Waals surface area contributed by atoms with E-state index < -0.39 is 5.91 Å². The first kappa shape index (κ1) is 22.4. The number of carbonyl (C=O) groups excluding carboxylic acids is 2. The minimum Gasteiger partial charge on any atom is -0.496 e. The zero-order chi connectivity index (χ0) is 24.7. The molecule has 182 valence electrons. The molecule has 2 amide bonds. The summed E-state index contributed by atoms with van der Waals surface area (Å²) in [6.07, 6.45) is 8.67. The van der Waals surface area contributed by atoms with E-state index >= 15 is 0 Å². The van der Waals surface area contributed by atoms with Gasteiger partial charge in [0.2, 0.25) is 12.3 Å². The summed E-state index contributed by atoms with van der Waals surface area (Å²) in [6.45, 7) is 0. The molecule has 3 aromatic heterocycles. The van der Waals surface area contributed by atoms with Crippen molar-refractivity contribution in [3.05, 3.63) is 54.0 Å². The predicted molar refractivity (Wildman–Crippen MR) is 133 cm³/mol. The Kier molecular flexibility index (Phi) is 5.48. The van der Waals surface area contributed by atoms with Crippen LogP contribution < -0.4 is 15.4 Å². The summed E-state index contributed by atoms with van der Waals surface area (Å²) in [6, 6.07) is 7.05. The maximum Gasteiger partial charge on any atom is 0.322 e. The number of hydrogen-bond acceptors (Lipinski definition) is 9. The predicted octanol–water partition coefficient (Wildman–Crippen LogP) is 4.64. The van der Waals surface area contributed by atoms with E-state index in [-0.39, 0.29) is 17.3 Å². The summed E-state index contributed by atoms with van der Waals surface area (Å²) in [5, 5.41) is 14.7. The lowest BCUT2D eigenvalue weighted by Crippen LogP contribution is -2.53. The maximum absolute atomic E-state index is 12.6. The molecule has 0 aliphatic heterocycles. The van der Waals surface area contributed by atoms with Gasteiger partial charge >= 0.3 is 6.01 Å². The molecule has 0 unspecified atom stereocenters. The van der Waals surface area contributed by atoms with Gasteiger partial charge in [-0.05, 0) is 48.8 Å². The van der Waals surface area contributed by atoms with Crippen LogP contribution in [0.5, 0.6) is 5.75 Å². The van der Waals surface area contributed by atoms with Crippen LogP contribution in [-0.2, 0) is 4.79 Å². The van der Waals surface area contributed by atoms with Crippen molar-refractivity contribution in [2.75, 3.05) is 17.7 Å². The first-order chi connectivity index (χ1) is 17.5. The number of ether oxygens (including phenoxy) is 1. The maximum atomic E-state index is 12.6. The van der Waals surface area contributed by atoms with Gasteiger partial charge in [0, 0.05) is 17.4 Å². The third-order valence-corrected chi connectivity index (χ3v) is 7.75. The van der Waals surface area contributed by atoms with Crippen molar-refractivity contribution in [1.29, 1.82) is 0 Å². The summed E-state index contributed by atoms with van der Waals surface area (Å²) in [5.41, 5.74) is 3.40. The summed E-state index contributed by atoms with van der Waals surface area (Å²) < 4.78 is 10.4. The van der Waals surface area contributed by atoms with Gasteiger partial charge in [-0.3, -0.25) is 19.9 Å². The van der Waals surface area contributed by atoms with Crippen LogP contribution in [0.3, 0.4) is 0 Å². The van der Waals surface area contributed by atoms with Crippen LogP contribution in [0.1, 0.15) is 36.0 Å². The van der Waals surface area contributed by atoms with Gasteiger partial charge < -0.3 is 14.5 Å². The second-order valence-corrected chi connectivity index (χ2v) is 10.2. The molecule has 2 N–H and O–H groups in total. The number of carbonyl (C=O) groups is 2. The first-order valence-corrected chi connectivity index (χ1v) is 12.3. The Hall–Kier alpha value is -4.12. The van der Waals surface area contributed by atoms with Gasteiger partial charge in [0.1, 0.15) is 5.75 Å². The normalized spacial score (nSPS) is 19.6. The second kappa shape index (κ2) is 8.83. The third kappa shape index (κ3) is 4.22. The van der Waals surface area contributed by atoms with Gasteiger partial charge in [-0.25, -0.2) is 4.98 Å². The number of thiophene rings is 1. The largest absolute Gasteiger partial charge is 0.496 e. The van der Waals surface area contributed by atoms with E-state index in [2.05, 4.69) is 25.8 Å². The van der Waals surface area contributed by atoms with Gasteiger partial charge in [-0.1, -0.05) is 11.2 Å². The van der Waals surface area contributed by atoms with E-state index in [0.29, 0.717) is 29.1 Å². The zero-order valence-electron chi connectivity index (χ0n) is 19.4. The highest BCUT2D eigenvalue weighted by atomic mass is 32.1. The molecule has 3 fully saturated rings. The topological polar surface area (TPSA) is 132 Å². The molecule has 3 saturated carbocycles. The number of nitrogens with one attached hydrogen (secondary N) is 2. The third-order valence-electron chi connectivity index (χ3n) is 6.79. The molecular weight excluding hydrogens is 480 g/mol. The smallest absolute Gasteiger partial charge is 0.322 e. The lowest BCUT2D eigenvalue weighted by molar-refractivity contribution is -0.139. The zero-order valence-corrected chi connectivity index (χ0v) is 20.2. The van der Waals surface area contributed by atoms with Crippen LogP contribution in [0.25, 0.3) is 21.8 Å². The first-order valence-electron chi connectivity index (χ1n) is 11.5. The molecule has 3 heterocycles. The molecule has 36 heavy (non-hydrogen) atoms. The highest BCUT2D eigenvalue weighted by Gasteiger charge is 2.56. The monoisotopic (exact) mass is 502 g/mol. The number of aromatic nitrogens is 4. The van der Waals surface area contributed by atoms with Gasteiger partial charge in [0.15, 0.2) is 0 Å². The van der Waals surface area contributed by atoms with Gasteiger partial charge in [0.25, 0.3) is 5.91 Å². The summed E-state index contributed by atoms with van der Waals surface area (Å²) in [5.74, 6) is 0.861.